The fourth-order valence-corrected chi connectivity index (χ4v) is 3.46. The largest absolute Gasteiger partial charge is 0.726 e. The number of nitrogens with zero attached hydrogens (tertiary/aromatic N) is 1. The van der Waals surface area contributed by atoms with Crippen molar-refractivity contribution in [3.05, 3.63) is 0 Å². The highest BCUT2D eigenvalue weighted by Crippen LogP contribution is 2.13. The van der Waals surface area contributed by atoms with E-state index in [4.69, 9.17) is 17.5 Å². The van der Waals surface area contributed by atoms with E-state index in [0.29, 0.717) is 0 Å². The van der Waals surface area contributed by atoms with Gasteiger partial charge in [-0.15, -0.1) is 0 Å². The smallest absolute Gasteiger partial charge is 0.215 e. The van der Waals surface area contributed by atoms with Gasteiger partial charge in [0.2, 0.25) is 10.4 Å². The van der Waals surface area contributed by atoms with Gasteiger partial charge in [0, 0.05) is 0 Å². The van der Waals surface area contributed by atoms with E-state index in [-0.39, 0.29) is 0 Å². The predicted octanol–water partition coefficient (Wildman–Crippen LogP) is 6.35. The van der Waals surface area contributed by atoms with E-state index >= 15 is 0 Å². The van der Waals surface area contributed by atoms with E-state index < -0.39 is 10.4 Å². The minimum atomic E-state index is -4.92. The van der Waals surface area contributed by atoms with Crippen LogP contribution in [0.25, 0.3) is 0 Å². The second-order valence-corrected chi connectivity index (χ2v) is 9.62. The van der Waals surface area contributed by atoms with Gasteiger partial charge in [-0.2, -0.15) is 0 Å². The van der Waals surface area contributed by atoms with E-state index in [1.165, 1.54) is 120 Å². The molecule has 0 radical (unpaired) electrons. The topological polar surface area (TPSA) is 77.4 Å². The fraction of sp³-hybridized carbons (Fsp3) is 1.00. The highest BCUT2D eigenvalue weighted by Gasteiger charge is 2.13. The third-order valence-electron chi connectivity index (χ3n) is 5.23. The van der Waals surface area contributed by atoms with Crippen LogP contribution in [-0.2, 0) is 10.4 Å². The number of quaternary nitrogens is 1. The molecule has 0 aromatic rings. The number of rotatable bonds is 18. The van der Waals surface area contributed by atoms with Gasteiger partial charge in [0.15, 0.2) is 0 Å². The molecular weight excluding hydrogens is 374 g/mol. The Kier molecular flexibility index (Phi) is 21.6. The molecule has 0 unspecified atom stereocenters. The van der Waals surface area contributed by atoms with E-state index in [1.54, 1.807) is 0 Å². The molecule has 0 fully saturated rings. The van der Waals surface area contributed by atoms with Gasteiger partial charge < -0.3 is 9.04 Å². The molecule has 28 heavy (non-hydrogen) atoms. The Labute approximate surface area is 176 Å². The fourth-order valence-electron chi connectivity index (χ4n) is 3.46. The minimum absolute atomic E-state index is 1.24. The Morgan fingerprint density at radius 3 is 1.07 bits per heavy atom. The molecule has 0 saturated carbocycles. The Hall–Kier alpha value is -0.170. The van der Waals surface area contributed by atoms with Crippen molar-refractivity contribution in [1.82, 2.24) is 0 Å². The molecule has 5 nitrogen and oxygen atoms in total. The standard InChI is InChI=1S/C22H48N.H2O4S/c1-5-7-9-11-13-14-16-18-20-22-23(3,4)21-19-17-15-12-10-8-6-2;1-5(2,3)4/h5-22H2,1-4H3;(H2,1,2,3,4)/q+1;/p-1. The molecule has 0 atom stereocenters. The summed E-state index contributed by atoms with van der Waals surface area (Å²) in [4.78, 5) is 0. The third kappa shape index (κ3) is 33.4. The molecule has 0 aromatic heterocycles. The van der Waals surface area contributed by atoms with Crippen molar-refractivity contribution < 1.29 is 22.0 Å². The number of unbranched alkanes of at least 4 members (excludes halogenated alkanes) is 14. The van der Waals surface area contributed by atoms with Gasteiger partial charge in [-0.25, -0.2) is 8.42 Å². The van der Waals surface area contributed by atoms with Crippen LogP contribution in [0.2, 0.25) is 0 Å². The van der Waals surface area contributed by atoms with Crippen LogP contribution in [0.4, 0.5) is 0 Å². The maximum Gasteiger partial charge on any atom is 0.215 e. The lowest BCUT2D eigenvalue weighted by atomic mass is 10.1. The maximum atomic E-state index is 8.63. The molecule has 0 rings (SSSR count). The lowest BCUT2D eigenvalue weighted by Gasteiger charge is -2.30. The lowest BCUT2D eigenvalue weighted by molar-refractivity contribution is -0.890. The number of hydrogen-bond donors (Lipinski definition) is 1. The van der Waals surface area contributed by atoms with Crippen LogP contribution in [0.15, 0.2) is 0 Å². The van der Waals surface area contributed by atoms with Crippen LogP contribution in [0, 0.1) is 0 Å². The highest BCUT2D eigenvalue weighted by atomic mass is 32.3. The normalized spacial score (nSPS) is 11.9. The first-order chi connectivity index (χ1) is 13.1. The minimum Gasteiger partial charge on any atom is -0.726 e. The van der Waals surface area contributed by atoms with Gasteiger partial charge in [-0.05, 0) is 25.7 Å². The van der Waals surface area contributed by atoms with Crippen molar-refractivity contribution in [3.8, 4) is 0 Å². The molecule has 172 valence electrons. The van der Waals surface area contributed by atoms with E-state index in [1.807, 2.05) is 0 Å². The Bertz CT molecular complexity index is 403. The maximum absolute atomic E-state index is 8.63. The highest BCUT2D eigenvalue weighted by molar-refractivity contribution is 7.79. The van der Waals surface area contributed by atoms with Crippen molar-refractivity contribution in [2.24, 2.45) is 0 Å². The molecule has 0 saturated heterocycles. The summed E-state index contributed by atoms with van der Waals surface area (Å²) < 4.78 is 34.1. The summed E-state index contributed by atoms with van der Waals surface area (Å²) in [6, 6.07) is 0. The summed E-state index contributed by atoms with van der Waals surface area (Å²) in [7, 11) is -0.0519. The Morgan fingerprint density at radius 2 is 0.821 bits per heavy atom. The van der Waals surface area contributed by atoms with E-state index in [9.17, 15) is 0 Å². The zero-order chi connectivity index (χ0) is 21.7. The van der Waals surface area contributed by atoms with Gasteiger partial charge >= 0.3 is 0 Å². The zero-order valence-electron chi connectivity index (χ0n) is 19.3. The average molecular weight is 424 g/mol. The summed E-state index contributed by atoms with van der Waals surface area (Å²) in [6.45, 7) is 7.36. The molecule has 0 aliphatic heterocycles. The van der Waals surface area contributed by atoms with Crippen LogP contribution in [0.3, 0.4) is 0 Å². The van der Waals surface area contributed by atoms with Crippen LogP contribution < -0.4 is 0 Å². The summed E-state index contributed by atoms with van der Waals surface area (Å²) in [5.74, 6) is 0. The summed E-state index contributed by atoms with van der Waals surface area (Å²) in [6.07, 6.45) is 23.0. The summed E-state index contributed by atoms with van der Waals surface area (Å²) in [5, 5.41) is 0. The van der Waals surface area contributed by atoms with E-state index in [0.717, 1.165) is 0 Å². The molecule has 0 aliphatic rings. The monoisotopic (exact) mass is 423 g/mol. The lowest BCUT2D eigenvalue weighted by Crippen LogP contribution is -2.41. The van der Waals surface area contributed by atoms with Gasteiger partial charge in [0.25, 0.3) is 0 Å². The quantitative estimate of drug-likeness (QED) is 0.121. The molecule has 0 bridgehead atoms. The van der Waals surface area contributed by atoms with Crippen molar-refractivity contribution in [3.63, 3.8) is 0 Å². The summed E-state index contributed by atoms with van der Waals surface area (Å²) >= 11 is 0. The van der Waals surface area contributed by atoms with Gasteiger partial charge in [0.05, 0.1) is 27.2 Å². The SMILES string of the molecule is CCCCCCCCCCC[N+](C)(C)CCCCCCCCC.O=S(=O)([O-])O. The molecular formula is C22H49NO4S. The zero-order valence-corrected chi connectivity index (χ0v) is 20.1. The van der Waals surface area contributed by atoms with Crippen LogP contribution >= 0.6 is 0 Å². The van der Waals surface area contributed by atoms with Crippen LogP contribution in [-0.4, -0.2) is 49.2 Å². The van der Waals surface area contributed by atoms with Crippen LogP contribution in [0.5, 0.6) is 0 Å². The van der Waals surface area contributed by atoms with Crippen molar-refractivity contribution in [2.75, 3.05) is 27.2 Å². The molecule has 0 aromatic carbocycles. The first kappa shape index (κ1) is 30.0. The molecule has 0 heterocycles. The van der Waals surface area contributed by atoms with Gasteiger partial charge in [-0.1, -0.05) is 90.9 Å². The summed E-state index contributed by atoms with van der Waals surface area (Å²) in [5.41, 5.74) is 0. The Morgan fingerprint density at radius 1 is 0.607 bits per heavy atom. The average Bonchev–Trinajstić information content (AvgIpc) is 2.58. The second kappa shape index (κ2) is 20.1. The van der Waals surface area contributed by atoms with Crippen molar-refractivity contribution in [2.45, 2.75) is 117 Å². The first-order valence-electron chi connectivity index (χ1n) is 11.6. The number of hydrogen-bond acceptors (Lipinski definition) is 3. The second-order valence-electron chi connectivity index (χ2n) is 8.76. The first-order valence-corrected chi connectivity index (χ1v) is 13.0. The predicted molar refractivity (Wildman–Crippen MR) is 119 cm³/mol. The van der Waals surface area contributed by atoms with E-state index in [2.05, 4.69) is 27.9 Å². The molecule has 1 N–H and O–H groups in total. The van der Waals surface area contributed by atoms with Crippen molar-refractivity contribution >= 4 is 10.4 Å². The Balaban J connectivity index is 0. The van der Waals surface area contributed by atoms with Crippen molar-refractivity contribution in [1.29, 1.82) is 0 Å². The van der Waals surface area contributed by atoms with Crippen LogP contribution in [0.1, 0.15) is 117 Å². The molecule has 0 aliphatic carbocycles. The third-order valence-corrected chi connectivity index (χ3v) is 5.23. The molecule has 6 heteroatoms. The van der Waals surface area contributed by atoms with Gasteiger partial charge in [-0.3, -0.25) is 4.55 Å². The van der Waals surface area contributed by atoms with Gasteiger partial charge in [0.1, 0.15) is 0 Å². The molecule has 0 spiro atoms. The molecule has 0 amide bonds.